The van der Waals surface area contributed by atoms with Gasteiger partial charge in [-0.05, 0) is 42.5 Å². The summed E-state index contributed by atoms with van der Waals surface area (Å²) >= 11 is 6.51. The zero-order valence-corrected chi connectivity index (χ0v) is 14.5. The first-order valence-electron chi connectivity index (χ1n) is 8.38. The van der Waals surface area contributed by atoms with E-state index in [0.717, 1.165) is 31.2 Å². The van der Waals surface area contributed by atoms with Crippen molar-refractivity contribution < 1.29 is 0 Å². The maximum Gasteiger partial charge on any atom is 0.0642 e. The molecule has 21 heavy (non-hydrogen) atoms. The maximum atomic E-state index is 6.51. The van der Waals surface area contributed by atoms with Gasteiger partial charge in [-0.25, -0.2) is 0 Å². The van der Waals surface area contributed by atoms with Crippen molar-refractivity contribution in [3.63, 3.8) is 0 Å². The molecule has 0 saturated carbocycles. The predicted molar refractivity (Wildman–Crippen MR) is 93.3 cm³/mol. The summed E-state index contributed by atoms with van der Waals surface area (Å²) in [6, 6.07) is 6.51. The lowest BCUT2D eigenvalue weighted by Crippen LogP contribution is -2.39. The van der Waals surface area contributed by atoms with Gasteiger partial charge in [-0.15, -0.1) is 0 Å². The number of hydrogen-bond acceptors (Lipinski definition) is 2. The molecular formula is C18H29ClN2. The van der Waals surface area contributed by atoms with Gasteiger partial charge in [0, 0.05) is 19.6 Å². The van der Waals surface area contributed by atoms with Crippen LogP contribution in [0.1, 0.15) is 52.0 Å². The molecule has 1 aromatic rings. The van der Waals surface area contributed by atoms with Crippen molar-refractivity contribution in [2.45, 2.75) is 53.0 Å². The molecule has 0 atom stereocenters. The van der Waals surface area contributed by atoms with E-state index in [9.17, 15) is 0 Å². The normalized spacial score (nSPS) is 18.0. The maximum absolute atomic E-state index is 6.51. The first kappa shape index (κ1) is 16.6. The van der Waals surface area contributed by atoms with Crippen LogP contribution in [0.5, 0.6) is 0 Å². The number of piperidine rings is 1. The molecule has 0 aliphatic carbocycles. The first-order valence-corrected chi connectivity index (χ1v) is 8.76. The molecule has 1 aliphatic heterocycles. The molecule has 1 N–H and O–H groups in total. The minimum atomic E-state index is 0.563. The van der Waals surface area contributed by atoms with Crippen molar-refractivity contribution >= 4 is 17.3 Å². The van der Waals surface area contributed by atoms with Gasteiger partial charge in [0.05, 0.1) is 10.7 Å². The Labute approximate surface area is 134 Å². The molecule has 0 aromatic heterocycles. The van der Waals surface area contributed by atoms with E-state index in [1.165, 1.54) is 36.9 Å². The lowest BCUT2D eigenvalue weighted by molar-refractivity contribution is 0.199. The van der Waals surface area contributed by atoms with Crippen LogP contribution in [0.4, 0.5) is 5.69 Å². The third-order valence-electron chi connectivity index (χ3n) is 5.26. The quantitative estimate of drug-likeness (QED) is 0.807. The molecular weight excluding hydrogens is 280 g/mol. The molecule has 1 saturated heterocycles. The zero-order chi connectivity index (χ0) is 15.3. The summed E-state index contributed by atoms with van der Waals surface area (Å²) in [5, 5.41) is 4.24. The van der Waals surface area contributed by atoms with Crippen LogP contribution in [-0.2, 0) is 6.54 Å². The van der Waals surface area contributed by atoms with Crippen LogP contribution in [0, 0.1) is 5.41 Å². The topological polar surface area (TPSA) is 15.3 Å². The summed E-state index contributed by atoms with van der Waals surface area (Å²) in [4.78, 5) is 2.46. The summed E-state index contributed by atoms with van der Waals surface area (Å²) in [5.74, 6) is 0. The van der Waals surface area contributed by atoms with E-state index in [1.807, 2.05) is 0 Å². The standard InChI is InChI=1S/C18H29ClN2/c1-4-18(5-2)9-11-21(12-10-18)17-8-7-15(13-16(17)19)14-20-6-3/h7-8,13,20H,4-6,9-12,14H2,1-3H3. The van der Waals surface area contributed by atoms with Gasteiger partial charge in [-0.3, -0.25) is 0 Å². The van der Waals surface area contributed by atoms with Gasteiger partial charge >= 0.3 is 0 Å². The van der Waals surface area contributed by atoms with Crippen molar-refractivity contribution in [2.75, 3.05) is 24.5 Å². The number of hydrogen-bond donors (Lipinski definition) is 1. The number of halogens is 1. The Morgan fingerprint density at radius 2 is 1.81 bits per heavy atom. The van der Waals surface area contributed by atoms with Gasteiger partial charge in [-0.2, -0.15) is 0 Å². The van der Waals surface area contributed by atoms with Gasteiger partial charge in [0.25, 0.3) is 0 Å². The monoisotopic (exact) mass is 308 g/mol. The molecule has 1 aliphatic rings. The molecule has 0 bridgehead atoms. The summed E-state index contributed by atoms with van der Waals surface area (Å²) in [5.41, 5.74) is 3.03. The second-order valence-electron chi connectivity index (χ2n) is 6.26. The largest absolute Gasteiger partial charge is 0.370 e. The van der Waals surface area contributed by atoms with Crippen molar-refractivity contribution in [3.8, 4) is 0 Å². The molecule has 3 heteroatoms. The van der Waals surface area contributed by atoms with Gasteiger partial charge in [-0.1, -0.05) is 51.3 Å². The van der Waals surface area contributed by atoms with Gasteiger partial charge in [0.2, 0.25) is 0 Å². The Balaban J connectivity index is 2.03. The first-order chi connectivity index (χ1) is 10.1. The average molecular weight is 309 g/mol. The van der Waals surface area contributed by atoms with E-state index in [4.69, 9.17) is 11.6 Å². The Morgan fingerprint density at radius 3 is 2.33 bits per heavy atom. The smallest absolute Gasteiger partial charge is 0.0642 e. The molecule has 1 heterocycles. The molecule has 0 amide bonds. The second-order valence-corrected chi connectivity index (χ2v) is 6.67. The number of benzene rings is 1. The van der Waals surface area contributed by atoms with Crippen LogP contribution >= 0.6 is 11.6 Å². The Hall–Kier alpha value is -0.730. The SMILES string of the molecule is CCNCc1ccc(N2CCC(CC)(CC)CC2)c(Cl)c1. The highest BCUT2D eigenvalue weighted by Crippen LogP contribution is 2.40. The Bertz CT molecular complexity index is 445. The highest BCUT2D eigenvalue weighted by Gasteiger charge is 2.31. The van der Waals surface area contributed by atoms with E-state index in [2.05, 4.69) is 49.2 Å². The molecule has 1 aromatic carbocycles. The molecule has 2 nitrogen and oxygen atoms in total. The lowest BCUT2D eigenvalue weighted by atomic mass is 9.74. The fourth-order valence-corrected chi connectivity index (χ4v) is 3.69. The minimum Gasteiger partial charge on any atom is -0.370 e. The summed E-state index contributed by atoms with van der Waals surface area (Å²) in [6.07, 6.45) is 5.17. The summed E-state index contributed by atoms with van der Waals surface area (Å²) in [7, 11) is 0. The minimum absolute atomic E-state index is 0.563. The fourth-order valence-electron chi connectivity index (χ4n) is 3.37. The van der Waals surface area contributed by atoms with E-state index in [0.29, 0.717) is 5.41 Å². The van der Waals surface area contributed by atoms with Crippen LogP contribution in [-0.4, -0.2) is 19.6 Å². The predicted octanol–water partition coefficient (Wildman–Crippen LogP) is 4.86. The van der Waals surface area contributed by atoms with Crippen LogP contribution in [0.25, 0.3) is 0 Å². The lowest BCUT2D eigenvalue weighted by Gasteiger charge is -2.42. The van der Waals surface area contributed by atoms with Crippen molar-refractivity contribution in [1.29, 1.82) is 0 Å². The summed E-state index contributed by atoms with van der Waals surface area (Å²) < 4.78 is 0. The third kappa shape index (κ3) is 3.92. The fraction of sp³-hybridized carbons (Fsp3) is 0.667. The van der Waals surface area contributed by atoms with Crippen LogP contribution in [0.2, 0.25) is 5.02 Å². The Morgan fingerprint density at radius 1 is 1.14 bits per heavy atom. The number of anilines is 1. The van der Waals surface area contributed by atoms with E-state index in [-0.39, 0.29) is 0 Å². The van der Waals surface area contributed by atoms with Crippen LogP contribution < -0.4 is 10.2 Å². The second kappa shape index (κ2) is 7.51. The number of nitrogens with one attached hydrogen (secondary N) is 1. The van der Waals surface area contributed by atoms with Crippen molar-refractivity contribution in [3.05, 3.63) is 28.8 Å². The van der Waals surface area contributed by atoms with Gasteiger partial charge in [0.1, 0.15) is 0 Å². The molecule has 1 fully saturated rings. The van der Waals surface area contributed by atoms with Crippen molar-refractivity contribution in [2.24, 2.45) is 5.41 Å². The molecule has 118 valence electrons. The number of nitrogens with zero attached hydrogens (tertiary/aromatic N) is 1. The Kier molecular flexibility index (Phi) is 5.95. The van der Waals surface area contributed by atoms with Crippen LogP contribution in [0.3, 0.4) is 0 Å². The third-order valence-corrected chi connectivity index (χ3v) is 5.56. The average Bonchev–Trinajstić information content (AvgIpc) is 2.53. The molecule has 0 unspecified atom stereocenters. The highest BCUT2D eigenvalue weighted by molar-refractivity contribution is 6.33. The van der Waals surface area contributed by atoms with E-state index >= 15 is 0 Å². The molecule has 2 rings (SSSR count). The van der Waals surface area contributed by atoms with E-state index in [1.54, 1.807) is 0 Å². The van der Waals surface area contributed by atoms with Crippen molar-refractivity contribution in [1.82, 2.24) is 5.32 Å². The highest BCUT2D eigenvalue weighted by atomic mass is 35.5. The molecule has 0 radical (unpaired) electrons. The summed E-state index contributed by atoms with van der Waals surface area (Å²) in [6.45, 7) is 10.9. The van der Waals surface area contributed by atoms with Crippen LogP contribution in [0.15, 0.2) is 18.2 Å². The van der Waals surface area contributed by atoms with E-state index < -0.39 is 0 Å². The number of rotatable bonds is 6. The van der Waals surface area contributed by atoms with Gasteiger partial charge in [0.15, 0.2) is 0 Å². The molecule has 0 spiro atoms. The van der Waals surface area contributed by atoms with Gasteiger partial charge < -0.3 is 10.2 Å². The zero-order valence-electron chi connectivity index (χ0n) is 13.7.